The lowest BCUT2D eigenvalue weighted by Gasteiger charge is -2.15. The van der Waals surface area contributed by atoms with Crippen LogP contribution in [0.1, 0.15) is 27.4 Å². The molecule has 0 radical (unpaired) electrons. The zero-order valence-corrected chi connectivity index (χ0v) is 20.1. The molecule has 5 rings (SSSR count). The Morgan fingerprint density at radius 3 is 2.44 bits per heavy atom. The van der Waals surface area contributed by atoms with E-state index in [0.717, 1.165) is 10.8 Å². The van der Waals surface area contributed by atoms with Gasteiger partial charge in [0.2, 0.25) is 11.7 Å². The molecular weight excluding hydrogens is 540 g/mol. The number of alkyl halides is 3. The molecule has 0 fully saturated rings. The summed E-state index contributed by atoms with van der Waals surface area (Å²) in [6.07, 6.45) is -1.16. The maximum absolute atomic E-state index is 14.5. The summed E-state index contributed by atoms with van der Waals surface area (Å²) in [6, 6.07) is 10.1. The predicted octanol–water partition coefficient (Wildman–Crippen LogP) is 7.34. The Morgan fingerprint density at radius 2 is 1.75 bits per heavy atom. The molecule has 12 heteroatoms. The SMILES string of the molecule is O=C(c1cnc(-c2ccncn2)o1)c1c(C(F)(F)F)n(Cc2ccc(Cl)cc2Cl)c2ccc(Cl)cc12. The van der Waals surface area contributed by atoms with Gasteiger partial charge in [-0.2, -0.15) is 13.2 Å². The van der Waals surface area contributed by atoms with Gasteiger partial charge in [-0.15, -0.1) is 0 Å². The van der Waals surface area contributed by atoms with Gasteiger partial charge in [-0.05, 0) is 42.0 Å². The highest BCUT2D eigenvalue weighted by atomic mass is 35.5. The van der Waals surface area contributed by atoms with Gasteiger partial charge in [0, 0.05) is 38.7 Å². The quantitative estimate of drug-likeness (QED) is 0.214. The molecule has 0 saturated carbocycles. The lowest BCUT2D eigenvalue weighted by Crippen LogP contribution is -2.18. The van der Waals surface area contributed by atoms with E-state index in [-0.39, 0.29) is 39.1 Å². The number of hydrogen-bond acceptors (Lipinski definition) is 5. The topological polar surface area (TPSA) is 73.8 Å². The summed E-state index contributed by atoms with van der Waals surface area (Å²) in [4.78, 5) is 25.3. The normalized spacial score (nSPS) is 11.8. The van der Waals surface area contributed by atoms with Crippen LogP contribution < -0.4 is 0 Å². The molecule has 0 aliphatic heterocycles. The standard InChI is InChI=1S/C24H12Cl3F3N4O2/c25-13-3-4-18-15(7-13)20(21(35)19-9-32-23(36-19)17-5-6-31-11-33-17)22(24(28,29)30)34(18)10-12-1-2-14(26)8-16(12)27/h1-9,11H,10H2. The third-order valence-corrected chi connectivity index (χ3v) is 6.22. The van der Waals surface area contributed by atoms with Crippen LogP contribution in [0.15, 0.2) is 65.6 Å². The molecule has 182 valence electrons. The number of rotatable bonds is 5. The first-order valence-corrected chi connectivity index (χ1v) is 11.4. The Balaban J connectivity index is 1.71. The van der Waals surface area contributed by atoms with Crippen molar-refractivity contribution in [1.82, 2.24) is 19.5 Å². The minimum absolute atomic E-state index is 0.00453. The van der Waals surface area contributed by atoms with Gasteiger partial charge in [-0.3, -0.25) is 4.79 Å². The molecule has 0 atom stereocenters. The number of nitrogens with zero attached hydrogens (tertiary/aromatic N) is 4. The number of halogens is 6. The van der Waals surface area contributed by atoms with Gasteiger partial charge in [0.05, 0.1) is 11.8 Å². The Bertz CT molecular complexity index is 1610. The number of carbonyl (C=O) groups is 1. The van der Waals surface area contributed by atoms with Crippen molar-refractivity contribution in [2.75, 3.05) is 0 Å². The van der Waals surface area contributed by atoms with Gasteiger partial charge in [0.15, 0.2) is 5.76 Å². The molecule has 0 amide bonds. The summed E-state index contributed by atoms with van der Waals surface area (Å²) < 4.78 is 50.1. The number of ketones is 1. The molecule has 5 aromatic rings. The Kier molecular flexibility index (Phi) is 6.23. The van der Waals surface area contributed by atoms with Crippen molar-refractivity contribution in [2.24, 2.45) is 0 Å². The monoisotopic (exact) mass is 550 g/mol. The second-order valence-corrected chi connectivity index (χ2v) is 8.94. The Morgan fingerprint density at radius 1 is 1.00 bits per heavy atom. The molecule has 0 saturated heterocycles. The fraction of sp³-hybridized carbons (Fsp3) is 0.0833. The number of aromatic nitrogens is 4. The average Bonchev–Trinajstić information content (AvgIpc) is 3.44. The van der Waals surface area contributed by atoms with Gasteiger partial charge in [-0.1, -0.05) is 40.9 Å². The minimum Gasteiger partial charge on any atom is -0.431 e. The van der Waals surface area contributed by atoms with E-state index >= 15 is 0 Å². The van der Waals surface area contributed by atoms with Crippen molar-refractivity contribution in [1.29, 1.82) is 0 Å². The van der Waals surface area contributed by atoms with E-state index in [4.69, 9.17) is 39.2 Å². The summed E-state index contributed by atoms with van der Waals surface area (Å²) in [7, 11) is 0. The highest BCUT2D eigenvalue weighted by molar-refractivity contribution is 6.35. The van der Waals surface area contributed by atoms with Crippen LogP contribution in [0.4, 0.5) is 13.2 Å². The maximum Gasteiger partial charge on any atom is 0.432 e. The van der Waals surface area contributed by atoms with E-state index in [1.54, 1.807) is 0 Å². The van der Waals surface area contributed by atoms with Gasteiger partial charge in [0.25, 0.3) is 0 Å². The predicted molar refractivity (Wildman–Crippen MR) is 128 cm³/mol. The lowest BCUT2D eigenvalue weighted by molar-refractivity contribution is -0.143. The first kappa shape index (κ1) is 24.3. The zero-order valence-electron chi connectivity index (χ0n) is 17.9. The minimum atomic E-state index is -4.91. The summed E-state index contributed by atoms with van der Waals surface area (Å²) in [5.41, 5.74) is -1.01. The van der Waals surface area contributed by atoms with E-state index in [1.807, 2.05) is 0 Å². The molecule has 3 heterocycles. The molecule has 2 aromatic carbocycles. The second kappa shape index (κ2) is 9.24. The fourth-order valence-corrected chi connectivity index (χ4v) is 4.51. The third-order valence-electron chi connectivity index (χ3n) is 5.40. The first-order valence-electron chi connectivity index (χ1n) is 10.2. The summed E-state index contributed by atoms with van der Waals surface area (Å²) in [5.74, 6) is -1.44. The molecule has 0 aliphatic rings. The Hall–Kier alpha value is -3.40. The molecule has 6 nitrogen and oxygen atoms in total. The van der Waals surface area contributed by atoms with Crippen molar-refractivity contribution in [2.45, 2.75) is 12.7 Å². The Labute approximate surface area is 216 Å². The molecule has 0 N–H and O–H groups in total. The van der Waals surface area contributed by atoms with Gasteiger partial charge in [-0.25, -0.2) is 15.0 Å². The van der Waals surface area contributed by atoms with E-state index in [2.05, 4.69) is 15.0 Å². The van der Waals surface area contributed by atoms with Crippen molar-refractivity contribution < 1.29 is 22.4 Å². The smallest absolute Gasteiger partial charge is 0.431 e. The molecule has 0 aliphatic carbocycles. The van der Waals surface area contributed by atoms with E-state index in [1.165, 1.54) is 55.0 Å². The van der Waals surface area contributed by atoms with Crippen molar-refractivity contribution in [3.8, 4) is 11.6 Å². The van der Waals surface area contributed by atoms with Crippen LogP contribution in [0, 0.1) is 0 Å². The maximum atomic E-state index is 14.5. The van der Waals surface area contributed by atoms with E-state index < -0.39 is 29.0 Å². The number of benzene rings is 2. The van der Waals surface area contributed by atoms with Crippen LogP contribution in [0.2, 0.25) is 15.1 Å². The molecular formula is C24H12Cl3F3N4O2. The van der Waals surface area contributed by atoms with Gasteiger partial charge >= 0.3 is 6.18 Å². The van der Waals surface area contributed by atoms with Crippen molar-refractivity contribution in [3.63, 3.8) is 0 Å². The van der Waals surface area contributed by atoms with Crippen molar-refractivity contribution >= 4 is 51.5 Å². The van der Waals surface area contributed by atoms with Crippen LogP contribution >= 0.6 is 34.8 Å². The number of fused-ring (bicyclic) bond motifs is 1. The van der Waals surface area contributed by atoms with Crippen LogP contribution in [0.25, 0.3) is 22.5 Å². The fourth-order valence-electron chi connectivity index (χ4n) is 3.87. The number of oxazole rings is 1. The molecule has 0 spiro atoms. The van der Waals surface area contributed by atoms with Gasteiger partial charge < -0.3 is 8.98 Å². The summed E-state index contributed by atoms with van der Waals surface area (Å²) in [5, 5.41) is 0.685. The molecule has 0 bridgehead atoms. The second-order valence-electron chi connectivity index (χ2n) is 7.66. The average molecular weight is 552 g/mol. The first-order chi connectivity index (χ1) is 17.1. The molecule has 3 aromatic heterocycles. The third kappa shape index (κ3) is 4.45. The zero-order chi connectivity index (χ0) is 25.6. The van der Waals surface area contributed by atoms with E-state index in [0.29, 0.717) is 10.6 Å². The molecule has 36 heavy (non-hydrogen) atoms. The number of hydrogen-bond donors (Lipinski definition) is 0. The highest BCUT2D eigenvalue weighted by Gasteiger charge is 2.42. The van der Waals surface area contributed by atoms with Gasteiger partial charge in [0.1, 0.15) is 17.7 Å². The van der Waals surface area contributed by atoms with E-state index in [9.17, 15) is 18.0 Å². The highest BCUT2D eigenvalue weighted by Crippen LogP contribution is 2.41. The van der Waals surface area contributed by atoms with Crippen LogP contribution in [0.3, 0.4) is 0 Å². The largest absolute Gasteiger partial charge is 0.432 e. The van der Waals surface area contributed by atoms with Crippen LogP contribution in [-0.2, 0) is 12.7 Å². The van der Waals surface area contributed by atoms with Crippen LogP contribution in [-0.4, -0.2) is 25.3 Å². The summed E-state index contributed by atoms with van der Waals surface area (Å²) >= 11 is 18.3. The molecule has 0 unspecified atom stereocenters. The van der Waals surface area contributed by atoms with Crippen molar-refractivity contribution in [3.05, 3.63) is 98.8 Å². The van der Waals surface area contributed by atoms with Crippen LogP contribution in [0.5, 0.6) is 0 Å². The summed E-state index contributed by atoms with van der Waals surface area (Å²) in [6.45, 7) is -0.279. The number of carbonyl (C=O) groups excluding carboxylic acids is 1. The lowest BCUT2D eigenvalue weighted by atomic mass is 10.0.